The lowest BCUT2D eigenvalue weighted by Crippen LogP contribution is -2.18. The first-order valence-corrected chi connectivity index (χ1v) is 9.93. The lowest BCUT2D eigenvalue weighted by molar-refractivity contribution is 0.0979. The van der Waals surface area contributed by atoms with Crippen molar-refractivity contribution >= 4 is 29.3 Å². The zero-order chi connectivity index (χ0) is 18.8. The Kier molecular flexibility index (Phi) is 8.98. The average molecular weight is 393 g/mol. The first-order valence-electron chi connectivity index (χ1n) is 8.67. The zero-order valence-corrected chi connectivity index (χ0v) is 16.5. The summed E-state index contributed by atoms with van der Waals surface area (Å²) in [4.78, 5) is 13.1. The van der Waals surface area contributed by atoms with Gasteiger partial charge < -0.3 is 10.1 Å². The molecule has 0 radical (unpaired) electrons. The molecule has 0 saturated heterocycles. The van der Waals surface area contributed by atoms with Crippen LogP contribution in [0.1, 0.15) is 35.2 Å². The number of ether oxygens (including phenoxy) is 1. The molecule has 0 spiro atoms. The molecule has 2 aromatic carbocycles. The molecule has 26 heavy (non-hydrogen) atoms. The predicted molar refractivity (Wildman–Crippen MR) is 109 cm³/mol. The van der Waals surface area contributed by atoms with E-state index in [0.717, 1.165) is 59.8 Å². The van der Waals surface area contributed by atoms with Gasteiger partial charge in [-0.1, -0.05) is 29.8 Å². The quantitative estimate of drug-likeness (QED) is 0.335. The van der Waals surface area contributed by atoms with Gasteiger partial charge >= 0.3 is 0 Å². The van der Waals surface area contributed by atoms with Crippen LogP contribution in [0.4, 0.5) is 0 Å². The lowest BCUT2D eigenvalue weighted by atomic mass is 10.1. The monoisotopic (exact) mass is 392 g/mol. The summed E-state index contributed by atoms with van der Waals surface area (Å²) in [5.74, 6) is 0.829. The summed E-state index contributed by atoms with van der Waals surface area (Å²) in [7, 11) is 1.59. The van der Waals surface area contributed by atoms with Crippen molar-refractivity contribution < 1.29 is 9.53 Å². The highest BCUT2D eigenvalue weighted by Crippen LogP contribution is 2.27. The van der Waals surface area contributed by atoms with Crippen LogP contribution in [0, 0.1) is 0 Å². The molecule has 0 aliphatic heterocycles. The summed E-state index contributed by atoms with van der Waals surface area (Å²) in [5.41, 5.74) is 1.84. The standard InChI is InChI=1S/C20H25ClN2O2S/c1-25-19-10-9-16(14-20(19)26-22)18(24)8-4-5-12-23-13-11-15-6-2-3-7-17(15)21/h2-3,6-7,9-10,14,23H,4-5,8,11-13,22H2,1H3. The van der Waals surface area contributed by atoms with Gasteiger partial charge in [0.2, 0.25) is 0 Å². The van der Waals surface area contributed by atoms with E-state index in [2.05, 4.69) is 5.32 Å². The maximum Gasteiger partial charge on any atom is 0.162 e. The molecule has 0 unspecified atom stereocenters. The van der Waals surface area contributed by atoms with Crippen LogP contribution in [0.3, 0.4) is 0 Å². The molecule has 2 rings (SSSR count). The molecule has 0 saturated carbocycles. The Morgan fingerprint density at radius 3 is 2.73 bits per heavy atom. The molecule has 6 heteroatoms. The van der Waals surface area contributed by atoms with Crippen molar-refractivity contribution in [1.82, 2.24) is 5.32 Å². The van der Waals surface area contributed by atoms with E-state index >= 15 is 0 Å². The first kappa shape index (κ1) is 20.8. The zero-order valence-electron chi connectivity index (χ0n) is 15.0. The number of hydrogen-bond acceptors (Lipinski definition) is 5. The second-order valence-corrected chi connectivity index (χ2v) is 7.04. The van der Waals surface area contributed by atoms with Crippen LogP contribution in [0.2, 0.25) is 5.02 Å². The third-order valence-corrected chi connectivity index (χ3v) is 5.09. The van der Waals surface area contributed by atoms with Gasteiger partial charge in [-0.3, -0.25) is 9.93 Å². The summed E-state index contributed by atoms with van der Waals surface area (Å²) < 4.78 is 5.22. The Labute approximate surface area is 164 Å². The van der Waals surface area contributed by atoms with E-state index in [4.69, 9.17) is 21.5 Å². The van der Waals surface area contributed by atoms with Crippen molar-refractivity contribution in [1.29, 1.82) is 0 Å². The number of unbranched alkanes of at least 4 members (excludes halogenated alkanes) is 1. The van der Waals surface area contributed by atoms with Crippen LogP contribution in [-0.4, -0.2) is 26.0 Å². The van der Waals surface area contributed by atoms with E-state index in [9.17, 15) is 4.79 Å². The fourth-order valence-corrected chi connectivity index (χ4v) is 3.36. The van der Waals surface area contributed by atoms with Gasteiger partial charge in [-0.05, 0) is 74.1 Å². The number of methoxy groups -OCH3 is 1. The van der Waals surface area contributed by atoms with Gasteiger partial charge in [-0.2, -0.15) is 0 Å². The maximum atomic E-state index is 12.3. The van der Waals surface area contributed by atoms with Gasteiger partial charge in [0.15, 0.2) is 5.78 Å². The number of carbonyl (C=O) groups is 1. The molecule has 0 amide bonds. The molecule has 0 bridgehead atoms. The van der Waals surface area contributed by atoms with Crippen LogP contribution >= 0.6 is 23.5 Å². The average Bonchev–Trinajstić information content (AvgIpc) is 2.67. The normalized spacial score (nSPS) is 10.7. The number of hydrogen-bond donors (Lipinski definition) is 2. The number of ketones is 1. The third-order valence-electron chi connectivity index (χ3n) is 4.15. The van der Waals surface area contributed by atoms with Crippen molar-refractivity contribution in [3.63, 3.8) is 0 Å². The Hall–Kier alpha value is -1.53. The Bertz CT molecular complexity index is 725. The van der Waals surface area contributed by atoms with Crippen molar-refractivity contribution in [2.75, 3.05) is 20.2 Å². The second-order valence-electron chi connectivity index (χ2n) is 5.96. The predicted octanol–water partition coefficient (Wildman–Crippen LogP) is 4.50. The van der Waals surface area contributed by atoms with Crippen molar-refractivity contribution in [2.45, 2.75) is 30.6 Å². The molecule has 0 atom stereocenters. The lowest BCUT2D eigenvalue weighted by Gasteiger charge is -2.08. The van der Waals surface area contributed by atoms with Gasteiger partial charge in [-0.25, -0.2) is 0 Å². The molecule has 0 fully saturated rings. The number of halogens is 1. The second kappa shape index (κ2) is 11.2. The Balaban J connectivity index is 1.65. The minimum Gasteiger partial charge on any atom is -0.496 e. The van der Waals surface area contributed by atoms with Gasteiger partial charge in [0.25, 0.3) is 0 Å². The molecule has 0 aliphatic rings. The fraction of sp³-hybridized carbons (Fsp3) is 0.350. The van der Waals surface area contributed by atoms with Crippen LogP contribution in [0.5, 0.6) is 5.75 Å². The van der Waals surface area contributed by atoms with Crippen LogP contribution in [0.15, 0.2) is 47.4 Å². The van der Waals surface area contributed by atoms with Gasteiger partial charge in [0.05, 0.1) is 12.0 Å². The number of carbonyl (C=O) groups excluding carboxylic acids is 1. The van der Waals surface area contributed by atoms with Gasteiger partial charge in [-0.15, -0.1) is 0 Å². The molecule has 2 aromatic rings. The van der Waals surface area contributed by atoms with E-state index in [1.807, 2.05) is 24.3 Å². The molecular weight excluding hydrogens is 368 g/mol. The van der Waals surface area contributed by atoms with E-state index in [1.54, 1.807) is 25.3 Å². The summed E-state index contributed by atoms with van der Waals surface area (Å²) >= 11 is 7.23. The van der Waals surface area contributed by atoms with E-state index in [-0.39, 0.29) is 5.78 Å². The third kappa shape index (κ3) is 6.32. The summed E-state index contributed by atoms with van der Waals surface area (Å²) in [6, 6.07) is 13.3. The van der Waals surface area contributed by atoms with E-state index in [1.165, 1.54) is 0 Å². The molecular formula is C20H25ClN2O2S. The highest BCUT2D eigenvalue weighted by Gasteiger charge is 2.10. The number of nitrogens with two attached hydrogens (primary N) is 1. The summed E-state index contributed by atoms with van der Waals surface area (Å²) in [6.45, 7) is 1.78. The topological polar surface area (TPSA) is 64.3 Å². The largest absolute Gasteiger partial charge is 0.496 e. The summed E-state index contributed by atoms with van der Waals surface area (Å²) in [5, 5.41) is 9.84. The van der Waals surface area contributed by atoms with Crippen molar-refractivity contribution in [2.24, 2.45) is 5.14 Å². The molecule has 0 aromatic heterocycles. The molecule has 0 heterocycles. The molecule has 140 valence electrons. The minimum atomic E-state index is 0.138. The SMILES string of the molecule is COc1ccc(C(=O)CCCCNCCc2ccccc2Cl)cc1SN. The molecule has 4 nitrogen and oxygen atoms in total. The first-order chi connectivity index (χ1) is 12.7. The highest BCUT2D eigenvalue weighted by atomic mass is 35.5. The van der Waals surface area contributed by atoms with Gasteiger partial charge in [0, 0.05) is 17.0 Å². The summed E-state index contributed by atoms with van der Waals surface area (Å²) in [6.07, 6.45) is 3.26. The number of nitrogens with one attached hydrogen (secondary N) is 1. The van der Waals surface area contributed by atoms with Crippen LogP contribution < -0.4 is 15.2 Å². The van der Waals surface area contributed by atoms with E-state index < -0.39 is 0 Å². The van der Waals surface area contributed by atoms with Crippen molar-refractivity contribution in [3.8, 4) is 5.75 Å². The molecule has 0 aliphatic carbocycles. The van der Waals surface area contributed by atoms with E-state index in [0.29, 0.717) is 17.7 Å². The smallest absolute Gasteiger partial charge is 0.162 e. The van der Waals surface area contributed by atoms with Crippen molar-refractivity contribution in [3.05, 3.63) is 58.6 Å². The fourth-order valence-electron chi connectivity index (χ4n) is 2.67. The number of rotatable bonds is 11. The Morgan fingerprint density at radius 1 is 1.19 bits per heavy atom. The van der Waals surface area contributed by atoms with Gasteiger partial charge in [0.1, 0.15) is 5.75 Å². The maximum absolute atomic E-state index is 12.3. The Morgan fingerprint density at radius 2 is 2.00 bits per heavy atom. The molecule has 3 N–H and O–H groups in total. The number of Topliss-reactive ketones (excluding diaryl/α,β-unsaturated/α-hetero) is 1. The number of benzene rings is 2. The van der Waals surface area contributed by atoms with Crippen LogP contribution in [0.25, 0.3) is 0 Å². The minimum absolute atomic E-state index is 0.138. The van der Waals surface area contributed by atoms with Crippen LogP contribution in [-0.2, 0) is 6.42 Å². The highest BCUT2D eigenvalue weighted by molar-refractivity contribution is 7.97.